The molecule has 0 bridgehead atoms. The average molecular weight is 150 g/mol. The zero-order valence-corrected chi connectivity index (χ0v) is 7.13. The van der Waals surface area contributed by atoms with Crippen LogP contribution in [0.25, 0.3) is 0 Å². The monoisotopic (exact) mass is 150 g/mol. The first-order valence-electron chi connectivity index (χ1n) is 4.04. The molecule has 60 valence electrons. The highest BCUT2D eigenvalue weighted by Crippen LogP contribution is 2.32. The zero-order valence-electron chi connectivity index (χ0n) is 7.13. The van der Waals surface area contributed by atoms with Crippen molar-refractivity contribution in [3.63, 3.8) is 0 Å². The first kappa shape index (κ1) is 8.25. The fraction of sp³-hybridized carbons (Fsp3) is 0.500. The van der Waals surface area contributed by atoms with Gasteiger partial charge in [-0.25, -0.2) is 0 Å². The molecule has 1 aliphatic rings. The van der Waals surface area contributed by atoms with E-state index in [0.29, 0.717) is 0 Å². The molecule has 1 aliphatic carbocycles. The Kier molecular flexibility index (Phi) is 2.28. The van der Waals surface area contributed by atoms with Gasteiger partial charge in [-0.2, -0.15) is 0 Å². The van der Waals surface area contributed by atoms with E-state index < -0.39 is 0 Å². The Hall–Kier alpha value is -0.850. The number of hydrogen-bond acceptors (Lipinski definition) is 1. The largest absolute Gasteiger partial charge is 0.302 e. The number of carbonyl (C=O) groups excluding carboxylic acids is 1. The Morgan fingerprint density at radius 2 is 2.45 bits per heavy atom. The van der Waals surface area contributed by atoms with E-state index in [2.05, 4.69) is 19.9 Å². The van der Waals surface area contributed by atoms with E-state index in [4.69, 9.17) is 0 Å². The van der Waals surface area contributed by atoms with Crippen molar-refractivity contribution < 1.29 is 4.79 Å². The van der Waals surface area contributed by atoms with Gasteiger partial charge in [-0.1, -0.05) is 30.7 Å². The molecule has 0 aliphatic heterocycles. The highest BCUT2D eigenvalue weighted by atomic mass is 16.1. The third kappa shape index (κ3) is 1.59. The summed E-state index contributed by atoms with van der Waals surface area (Å²) < 4.78 is 0. The summed E-state index contributed by atoms with van der Waals surface area (Å²) in [5.74, 6) is 0. The molecular formula is C10H14O. The first-order chi connectivity index (χ1) is 5.22. The van der Waals surface area contributed by atoms with Gasteiger partial charge in [0.25, 0.3) is 0 Å². The number of hydrogen-bond donors (Lipinski definition) is 0. The predicted molar refractivity (Wildman–Crippen MR) is 46.3 cm³/mol. The van der Waals surface area contributed by atoms with E-state index >= 15 is 0 Å². The number of allylic oxidation sites excluding steroid dienone is 4. The summed E-state index contributed by atoms with van der Waals surface area (Å²) in [7, 11) is 0. The predicted octanol–water partition coefficient (Wildman–Crippen LogP) is 2.49. The third-order valence-corrected chi connectivity index (χ3v) is 2.31. The normalized spacial score (nSPS) is 29.8. The molecule has 0 N–H and O–H groups in total. The summed E-state index contributed by atoms with van der Waals surface area (Å²) in [6, 6.07) is 0. The van der Waals surface area contributed by atoms with Crippen molar-refractivity contribution in [3.8, 4) is 0 Å². The molecule has 1 rings (SSSR count). The summed E-state index contributed by atoms with van der Waals surface area (Å²) in [5, 5.41) is 0. The van der Waals surface area contributed by atoms with Crippen molar-refractivity contribution in [1.82, 2.24) is 0 Å². The maximum atomic E-state index is 10.8. The van der Waals surface area contributed by atoms with Crippen LogP contribution >= 0.6 is 0 Å². The van der Waals surface area contributed by atoms with E-state index in [-0.39, 0.29) is 5.41 Å². The zero-order chi connectivity index (χ0) is 8.32. The average Bonchev–Trinajstić information content (AvgIpc) is 2.04. The lowest BCUT2D eigenvalue weighted by molar-refractivity contribution is -0.114. The number of carbonyl (C=O) groups is 1. The molecule has 0 saturated heterocycles. The lowest BCUT2D eigenvalue weighted by atomic mass is 9.78. The molecule has 0 aromatic carbocycles. The SMILES string of the molecule is CCC1(C=O)C=CC=C(C)C1. The molecule has 11 heavy (non-hydrogen) atoms. The van der Waals surface area contributed by atoms with E-state index in [1.807, 2.05) is 12.2 Å². The molecule has 1 heteroatoms. The maximum Gasteiger partial charge on any atom is 0.130 e. The Labute approximate surface area is 67.8 Å². The highest BCUT2D eigenvalue weighted by molar-refractivity contribution is 5.64. The standard InChI is InChI=1S/C10H14O/c1-3-10(8-11)6-4-5-9(2)7-10/h4-6,8H,3,7H2,1-2H3. The fourth-order valence-electron chi connectivity index (χ4n) is 1.45. The van der Waals surface area contributed by atoms with E-state index in [1.54, 1.807) is 0 Å². The van der Waals surface area contributed by atoms with Gasteiger partial charge in [0.2, 0.25) is 0 Å². The summed E-state index contributed by atoms with van der Waals surface area (Å²) in [6.07, 6.45) is 8.92. The van der Waals surface area contributed by atoms with Crippen LogP contribution in [0.5, 0.6) is 0 Å². The fourth-order valence-corrected chi connectivity index (χ4v) is 1.45. The molecule has 1 unspecified atom stereocenters. The highest BCUT2D eigenvalue weighted by Gasteiger charge is 2.25. The van der Waals surface area contributed by atoms with E-state index in [1.165, 1.54) is 5.57 Å². The van der Waals surface area contributed by atoms with Gasteiger partial charge in [-0.15, -0.1) is 0 Å². The van der Waals surface area contributed by atoms with Gasteiger partial charge in [0.05, 0.1) is 0 Å². The van der Waals surface area contributed by atoms with Crippen molar-refractivity contribution >= 4 is 6.29 Å². The Bertz CT molecular complexity index is 213. The second kappa shape index (κ2) is 3.04. The summed E-state index contributed by atoms with van der Waals surface area (Å²) in [5.41, 5.74) is 1.10. The van der Waals surface area contributed by atoms with Crippen LogP contribution in [0.4, 0.5) is 0 Å². The van der Waals surface area contributed by atoms with Gasteiger partial charge < -0.3 is 4.79 Å². The van der Waals surface area contributed by atoms with Gasteiger partial charge >= 0.3 is 0 Å². The number of aldehydes is 1. The first-order valence-corrected chi connectivity index (χ1v) is 4.04. The van der Waals surface area contributed by atoms with Gasteiger partial charge in [-0.05, 0) is 19.8 Å². The molecule has 0 fully saturated rings. The van der Waals surface area contributed by atoms with Crippen LogP contribution in [-0.4, -0.2) is 6.29 Å². The van der Waals surface area contributed by atoms with Crippen molar-refractivity contribution in [1.29, 1.82) is 0 Å². The summed E-state index contributed by atoms with van der Waals surface area (Å²) in [4.78, 5) is 10.8. The van der Waals surface area contributed by atoms with Crippen molar-refractivity contribution in [2.45, 2.75) is 26.7 Å². The molecule has 0 amide bonds. The second-order valence-corrected chi connectivity index (χ2v) is 3.25. The summed E-state index contributed by atoms with van der Waals surface area (Å²) >= 11 is 0. The van der Waals surface area contributed by atoms with Crippen molar-refractivity contribution in [3.05, 3.63) is 23.8 Å². The van der Waals surface area contributed by atoms with Crippen LogP contribution in [0.15, 0.2) is 23.8 Å². The van der Waals surface area contributed by atoms with Gasteiger partial charge in [0.15, 0.2) is 0 Å². The molecule has 0 aromatic heterocycles. The van der Waals surface area contributed by atoms with Gasteiger partial charge in [0.1, 0.15) is 6.29 Å². The third-order valence-electron chi connectivity index (χ3n) is 2.31. The van der Waals surface area contributed by atoms with E-state index in [9.17, 15) is 4.79 Å². The quantitative estimate of drug-likeness (QED) is 0.553. The molecule has 0 heterocycles. The lowest BCUT2D eigenvalue weighted by Crippen LogP contribution is -2.20. The van der Waals surface area contributed by atoms with Crippen LogP contribution in [0, 0.1) is 5.41 Å². The van der Waals surface area contributed by atoms with E-state index in [0.717, 1.165) is 19.1 Å². The molecule has 0 radical (unpaired) electrons. The maximum absolute atomic E-state index is 10.8. The van der Waals surface area contributed by atoms with Crippen LogP contribution in [0.1, 0.15) is 26.7 Å². The number of rotatable bonds is 2. The van der Waals surface area contributed by atoms with Crippen LogP contribution in [-0.2, 0) is 4.79 Å². The smallest absolute Gasteiger partial charge is 0.130 e. The Balaban J connectivity index is 2.83. The molecule has 0 aromatic rings. The molecule has 1 atom stereocenters. The lowest BCUT2D eigenvalue weighted by Gasteiger charge is -2.25. The molecule has 0 saturated carbocycles. The van der Waals surface area contributed by atoms with Crippen LogP contribution in [0.2, 0.25) is 0 Å². The second-order valence-electron chi connectivity index (χ2n) is 3.25. The molecule has 1 nitrogen and oxygen atoms in total. The minimum absolute atomic E-state index is 0.196. The molecule has 0 spiro atoms. The summed E-state index contributed by atoms with van der Waals surface area (Å²) in [6.45, 7) is 4.12. The topological polar surface area (TPSA) is 17.1 Å². The minimum Gasteiger partial charge on any atom is -0.302 e. The van der Waals surface area contributed by atoms with Crippen LogP contribution < -0.4 is 0 Å². The minimum atomic E-state index is -0.196. The molecular weight excluding hydrogens is 136 g/mol. The van der Waals surface area contributed by atoms with Gasteiger partial charge in [-0.3, -0.25) is 0 Å². The van der Waals surface area contributed by atoms with Gasteiger partial charge in [0, 0.05) is 5.41 Å². The van der Waals surface area contributed by atoms with Crippen molar-refractivity contribution in [2.75, 3.05) is 0 Å². The Morgan fingerprint density at radius 3 is 2.82 bits per heavy atom. The van der Waals surface area contributed by atoms with Crippen LogP contribution in [0.3, 0.4) is 0 Å². The Morgan fingerprint density at radius 1 is 1.73 bits per heavy atom. The van der Waals surface area contributed by atoms with Crippen molar-refractivity contribution in [2.24, 2.45) is 5.41 Å².